The number of hydrogen-bond acceptors (Lipinski definition) is 4. The van der Waals surface area contributed by atoms with Crippen LogP contribution in [0.15, 0.2) is 58.1 Å². The Labute approximate surface area is 142 Å². The quantitative estimate of drug-likeness (QED) is 0.847. The third kappa shape index (κ3) is 2.75. The van der Waals surface area contributed by atoms with E-state index in [0.717, 1.165) is 5.01 Å². The van der Waals surface area contributed by atoms with Crippen LogP contribution in [0.5, 0.6) is 5.75 Å². The van der Waals surface area contributed by atoms with E-state index >= 15 is 0 Å². The van der Waals surface area contributed by atoms with Crippen molar-refractivity contribution in [2.24, 2.45) is 5.10 Å². The zero-order valence-corrected chi connectivity index (χ0v) is 14.0. The molecule has 0 radical (unpaired) electrons. The Hall–Kier alpha value is -2.18. The van der Waals surface area contributed by atoms with Gasteiger partial charge in [0.25, 0.3) is 5.91 Å². The molecule has 6 heteroatoms. The highest BCUT2D eigenvalue weighted by Crippen LogP contribution is 2.37. The highest BCUT2D eigenvalue weighted by Gasteiger charge is 2.45. The molecule has 1 aliphatic rings. The number of phenols is 1. The SMILES string of the molecule is CC1=NN(C(=O)c2cc(Br)ccc2O)C(O)(c2ccccc2)C1. The lowest BCUT2D eigenvalue weighted by molar-refractivity contribution is -0.0766. The van der Waals surface area contributed by atoms with Crippen molar-refractivity contribution in [1.29, 1.82) is 0 Å². The molecule has 0 aromatic heterocycles. The number of carbonyl (C=O) groups is 1. The summed E-state index contributed by atoms with van der Waals surface area (Å²) in [4.78, 5) is 12.8. The highest BCUT2D eigenvalue weighted by molar-refractivity contribution is 9.10. The van der Waals surface area contributed by atoms with Gasteiger partial charge in [0, 0.05) is 22.2 Å². The molecule has 118 valence electrons. The molecule has 3 rings (SSSR count). The first-order chi connectivity index (χ1) is 10.9. The third-order valence-corrected chi connectivity index (χ3v) is 4.23. The fourth-order valence-electron chi connectivity index (χ4n) is 2.66. The van der Waals surface area contributed by atoms with Crippen LogP contribution in [0, 0.1) is 0 Å². The number of aromatic hydroxyl groups is 1. The van der Waals surface area contributed by atoms with E-state index in [4.69, 9.17) is 0 Å². The number of halogens is 1. The summed E-state index contributed by atoms with van der Waals surface area (Å²) in [5, 5.41) is 26.3. The zero-order chi connectivity index (χ0) is 16.6. The molecule has 23 heavy (non-hydrogen) atoms. The Morgan fingerprint density at radius 1 is 1.26 bits per heavy atom. The number of rotatable bonds is 2. The van der Waals surface area contributed by atoms with Gasteiger partial charge < -0.3 is 10.2 Å². The molecule has 2 N–H and O–H groups in total. The minimum absolute atomic E-state index is 0.0761. The van der Waals surface area contributed by atoms with E-state index in [1.54, 1.807) is 37.3 Å². The fourth-order valence-corrected chi connectivity index (χ4v) is 3.02. The summed E-state index contributed by atoms with van der Waals surface area (Å²) < 4.78 is 0.654. The lowest BCUT2D eigenvalue weighted by atomic mass is 9.97. The van der Waals surface area contributed by atoms with Crippen LogP contribution in [-0.4, -0.2) is 26.8 Å². The number of nitrogens with zero attached hydrogens (tertiary/aromatic N) is 2. The van der Waals surface area contributed by atoms with Crippen molar-refractivity contribution in [2.75, 3.05) is 0 Å². The molecule has 1 atom stereocenters. The van der Waals surface area contributed by atoms with Crippen LogP contribution >= 0.6 is 15.9 Å². The van der Waals surface area contributed by atoms with Gasteiger partial charge in [-0.1, -0.05) is 46.3 Å². The van der Waals surface area contributed by atoms with Gasteiger partial charge in [0.1, 0.15) is 5.75 Å². The van der Waals surface area contributed by atoms with Gasteiger partial charge in [-0.05, 0) is 25.1 Å². The Bertz CT molecular complexity index is 792. The van der Waals surface area contributed by atoms with E-state index < -0.39 is 11.6 Å². The summed E-state index contributed by atoms with van der Waals surface area (Å²) in [5.41, 5.74) is -0.271. The Morgan fingerprint density at radius 3 is 2.65 bits per heavy atom. The molecule has 2 aromatic rings. The average Bonchev–Trinajstić information content (AvgIpc) is 2.86. The van der Waals surface area contributed by atoms with Gasteiger partial charge in [-0.2, -0.15) is 10.1 Å². The molecular weight excluding hydrogens is 360 g/mol. The Kier molecular flexibility index (Phi) is 3.95. The molecule has 1 aliphatic heterocycles. The first-order valence-corrected chi connectivity index (χ1v) is 7.86. The lowest BCUT2D eigenvalue weighted by Crippen LogP contribution is -2.43. The molecule has 0 aliphatic carbocycles. The monoisotopic (exact) mass is 374 g/mol. The second kappa shape index (κ2) is 5.79. The Balaban J connectivity index is 2.06. The number of benzene rings is 2. The van der Waals surface area contributed by atoms with E-state index in [1.807, 2.05) is 6.07 Å². The van der Waals surface area contributed by atoms with Gasteiger partial charge in [0.15, 0.2) is 5.72 Å². The minimum Gasteiger partial charge on any atom is -0.507 e. The second-order valence-corrected chi connectivity index (χ2v) is 6.39. The molecule has 0 fully saturated rings. The van der Waals surface area contributed by atoms with Crippen LogP contribution in [0.2, 0.25) is 0 Å². The summed E-state index contributed by atoms with van der Waals surface area (Å²) in [7, 11) is 0. The minimum atomic E-state index is -1.56. The molecule has 0 bridgehead atoms. The number of amides is 1. The summed E-state index contributed by atoms with van der Waals surface area (Å²) in [6.07, 6.45) is 0.220. The van der Waals surface area contributed by atoms with Crippen LogP contribution < -0.4 is 0 Å². The largest absolute Gasteiger partial charge is 0.507 e. The van der Waals surface area contributed by atoms with Gasteiger partial charge in [0.05, 0.1) is 5.56 Å². The predicted molar refractivity (Wildman–Crippen MR) is 90.0 cm³/mol. The molecule has 0 saturated carbocycles. The molecule has 2 aromatic carbocycles. The zero-order valence-electron chi connectivity index (χ0n) is 12.4. The maximum atomic E-state index is 12.8. The molecule has 1 unspecified atom stereocenters. The second-order valence-electron chi connectivity index (χ2n) is 5.47. The van der Waals surface area contributed by atoms with Crippen molar-refractivity contribution < 1.29 is 15.0 Å². The Morgan fingerprint density at radius 2 is 1.96 bits per heavy atom. The highest BCUT2D eigenvalue weighted by atomic mass is 79.9. The first-order valence-electron chi connectivity index (χ1n) is 7.07. The maximum absolute atomic E-state index is 12.8. The standard InChI is InChI=1S/C17H15BrN2O3/c1-11-10-17(23,12-5-3-2-4-6-12)20(19-11)16(22)14-9-13(18)7-8-15(14)21/h2-9,21,23H,10H2,1H3. The van der Waals surface area contributed by atoms with E-state index in [0.29, 0.717) is 15.7 Å². The van der Waals surface area contributed by atoms with E-state index in [-0.39, 0.29) is 17.7 Å². The molecule has 5 nitrogen and oxygen atoms in total. The van der Waals surface area contributed by atoms with Gasteiger partial charge >= 0.3 is 0 Å². The van der Waals surface area contributed by atoms with Gasteiger partial charge in [-0.25, -0.2) is 0 Å². The van der Waals surface area contributed by atoms with Crippen LogP contribution in [0.25, 0.3) is 0 Å². The van der Waals surface area contributed by atoms with Crippen molar-refractivity contribution in [3.05, 3.63) is 64.1 Å². The van der Waals surface area contributed by atoms with Crippen molar-refractivity contribution >= 4 is 27.5 Å². The van der Waals surface area contributed by atoms with Gasteiger partial charge in [0.2, 0.25) is 0 Å². The third-order valence-electron chi connectivity index (χ3n) is 3.74. The van der Waals surface area contributed by atoms with Crippen molar-refractivity contribution in [1.82, 2.24) is 5.01 Å². The van der Waals surface area contributed by atoms with E-state index in [2.05, 4.69) is 21.0 Å². The number of carbonyl (C=O) groups excluding carboxylic acids is 1. The maximum Gasteiger partial charge on any atom is 0.280 e. The number of aliphatic hydroxyl groups is 1. The predicted octanol–water partition coefficient (Wildman–Crippen LogP) is 3.22. The van der Waals surface area contributed by atoms with Crippen LogP contribution in [0.4, 0.5) is 0 Å². The smallest absolute Gasteiger partial charge is 0.280 e. The number of hydrogen-bond donors (Lipinski definition) is 2. The molecule has 1 heterocycles. The number of hydrazone groups is 1. The lowest BCUT2D eigenvalue weighted by Gasteiger charge is -2.31. The first kappa shape index (κ1) is 15.7. The summed E-state index contributed by atoms with van der Waals surface area (Å²) in [6.45, 7) is 1.75. The van der Waals surface area contributed by atoms with Crippen LogP contribution in [0.1, 0.15) is 29.3 Å². The van der Waals surface area contributed by atoms with E-state index in [1.165, 1.54) is 12.1 Å². The van der Waals surface area contributed by atoms with Crippen molar-refractivity contribution in [2.45, 2.75) is 19.1 Å². The molecule has 0 spiro atoms. The average molecular weight is 375 g/mol. The molecule has 0 saturated heterocycles. The van der Waals surface area contributed by atoms with Crippen LogP contribution in [-0.2, 0) is 5.72 Å². The van der Waals surface area contributed by atoms with Crippen molar-refractivity contribution in [3.8, 4) is 5.75 Å². The van der Waals surface area contributed by atoms with Crippen LogP contribution in [0.3, 0.4) is 0 Å². The summed E-state index contributed by atoms with van der Waals surface area (Å²) in [6, 6.07) is 13.5. The topological polar surface area (TPSA) is 73.1 Å². The fraction of sp³-hybridized carbons (Fsp3) is 0.176. The summed E-state index contributed by atoms with van der Waals surface area (Å²) >= 11 is 3.28. The van der Waals surface area contributed by atoms with Gasteiger partial charge in [-0.15, -0.1) is 0 Å². The molecular formula is C17H15BrN2O3. The number of phenolic OH excluding ortho intramolecular Hbond substituents is 1. The normalized spacial score (nSPS) is 20.5. The van der Waals surface area contributed by atoms with Crippen molar-refractivity contribution in [3.63, 3.8) is 0 Å². The van der Waals surface area contributed by atoms with Gasteiger partial charge in [-0.3, -0.25) is 4.79 Å². The summed E-state index contributed by atoms with van der Waals surface area (Å²) in [5.74, 6) is -0.722. The molecule has 1 amide bonds. The van der Waals surface area contributed by atoms with E-state index in [9.17, 15) is 15.0 Å².